The molecule has 6 nitrogen and oxygen atoms in total. The predicted molar refractivity (Wildman–Crippen MR) is 124 cm³/mol. The van der Waals surface area contributed by atoms with Crippen LogP contribution in [0.2, 0.25) is 0 Å². The zero-order valence-electron chi connectivity index (χ0n) is 17.8. The first-order valence-electron chi connectivity index (χ1n) is 10.5. The number of benzene rings is 2. The van der Waals surface area contributed by atoms with E-state index >= 15 is 0 Å². The molecule has 32 heavy (non-hydrogen) atoms. The van der Waals surface area contributed by atoms with E-state index in [1.54, 1.807) is 18.3 Å². The van der Waals surface area contributed by atoms with Gasteiger partial charge in [0.25, 0.3) is 5.56 Å². The molecular formula is C26H24N4O2. The normalized spacial score (nSPS) is 11.7. The van der Waals surface area contributed by atoms with E-state index in [9.17, 15) is 9.59 Å². The number of nitrogens with one attached hydrogen (secondary N) is 2. The number of hydrogen-bond donors (Lipinski definition) is 2. The van der Waals surface area contributed by atoms with E-state index in [1.165, 1.54) is 6.07 Å². The number of amides is 1. The highest BCUT2D eigenvalue weighted by atomic mass is 16.1. The lowest BCUT2D eigenvalue weighted by atomic mass is 10.0. The van der Waals surface area contributed by atoms with Crippen molar-refractivity contribution in [2.75, 3.05) is 0 Å². The van der Waals surface area contributed by atoms with Gasteiger partial charge in [-0.15, -0.1) is 0 Å². The fourth-order valence-electron chi connectivity index (χ4n) is 3.52. The van der Waals surface area contributed by atoms with Gasteiger partial charge in [0, 0.05) is 18.7 Å². The van der Waals surface area contributed by atoms with Gasteiger partial charge in [0.05, 0.1) is 18.2 Å². The van der Waals surface area contributed by atoms with E-state index in [4.69, 9.17) is 0 Å². The number of rotatable bonds is 7. The predicted octanol–water partition coefficient (Wildman–Crippen LogP) is 3.78. The van der Waals surface area contributed by atoms with Crippen LogP contribution < -0.4 is 10.9 Å². The molecule has 2 aromatic heterocycles. The maximum absolute atomic E-state index is 12.8. The molecule has 0 fully saturated rings. The Bertz CT molecular complexity index is 1240. The smallest absolute Gasteiger partial charge is 0.251 e. The van der Waals surface area contributed by atoms with Gasteiger partial charge in [0.1, 0.15) is 5.69 Å². The second-order valence-corrected chi connectivity index (χ2v) is 7.70. The van der Waals surface area contributed by atoms with E-state index in [2.05, 4.69) is 20.3 Å². The van der Waals surface area contributed by atoms with Gasteiger partial charge < -0.3 is 10.3 Å². The van der Waals surface area contributed by atoms with Crippen molar-refractivity contribution in [2.24, 2.45) is 0 Å². The van der Waals surface area contributed by atoms with Gasteiger partial charge >= 0.3 is 0 Å². The summed E-state index contributed by atoms with van der Waals surface area (Å²) < 4.78 is 0. The Labute approximate surface area is 186 Å². The zero-order valence-corrected chi connectivity index (χ0v) is 17.8. The summed E-state index contributed by atoms with van der Waals surface area (Å²) in [6.45, 7) is 2.02. The van der Waals surface area contributed by atoms with Crippen LogP contribution in [-0.4, -0.2) is 20.9 Å². The molecule has 0 saturated carbocycles. The molecule has 160 valence electrons. The minimum atomic E-state index is -0.319. The third-order valence-corrected chi connectivity index (χ3v) is 5.14. The average molecular weight is 425 g/mol. The van der Waals surface area contributed by atoms with Crippen LogP contribution >= 0.6 is 0 Å². The van der Waals surface area contributed by atoms with Crippen LogP contribution in [0.25, 0.3) is 11.5 Å². The largest absolute Gasteiger partial charge is 0.349 e. The molecule has 6 heteroatoms. The summed E-state index contributed by atoms with van der Waals surface area (Å²) in [6, 6.07) is 24.2. The van der Waals surface area contributed by atoms with Gasteiger partial charge in [-0.05, 0) is 30.2 Å². The summed E-state index contributed by atoms with van der Waals surface area (Å²) in [4.78, 5) is 36.7. The quantitative estimate of drug-likeness (QED) is 0.473. The van der Waals surface area contributed by atoms with E-state index < -0.39 is 0 Å². The van der Waals surface area contributed by atoms with Crippen molar-refractivity contribution < 1.29 is 4.79 Å². The number of carbonyl (C=O) groups is 1. The number of H-pyrrole nitrogens is 1. The van der Waals surface area contributed by atoms with Gasteiger partial charge in [0.2, 0.25) is 5.91 Å². The highest BCUT2D eigenvalue weighted by Crippen LogP contribution is 2.19. The first kappa shape index (κ1) is 21.2. The Kier molecular flexibility index (Phi) is 6.51. The maximum atomic E-state index is 12.8. The van der Waals surface area contributed by atoms with Crippen LogP contribution in [0.1, 0.15) is 28.4 Å². The molecule has 0 saturated heterocycles. The molecule has 0 aliphatic carbocycles. The van der Waals surface area contributed by atoms with Gasteiger partial charge in [-0.2, -0.15) is 0 Å². The monoisotopic (exact) mass is 424 g/mol. The zero-order chi connectivity index (χ0) is 22.3. The van der Waals surface area contributed by atoms with E-state index in [-0.39, 0.29) is 23.9 Å². The molecule has 4 aromatic rings. The number of nitrogens with zero attached hydrogens (tertiary/aromatic N) is 2. The molecule has 0 bridgehead atoms. The Balaban J connectivity index is 1.58. The molecule has 1 amide bonds. The number of pyridine rings is 1. The topological polar surface area (TPSA) is 87.7 Å². The molecule has 0 aliphatic rings. The summed E-state index contributed by atoms with van der Waals surface area (Å²) in [5.41, 5.74) is 3.97. The lowest BCUT2D eigenvalue weighted by Gasteiger charge is -2.19. The van der Waals surface area contributed by atoms with Gasteiger partial charge in [-0.3, -0.25) is 14.6 Å². The molecule has 2 aromatic carbocycles. The first-order chi connectivity index (χ1) is 15.6. The molecule has 0 spiro atoms. The molecule has 0 radical (unpaired) electrons. The summed E-state index contributed by atoms with van der Waals surface area (Å²) in [5.74, 6) is 0.323. The number of aromatic amines is 1. The van der Waals surface area contributed by atoms with Crippen molar-refractivity contribution in [3.05, 3.63) is 118 Å². The standard InChI is InChI=1S/C26H24N4O2/c1-18-10-12-19(13-11-18)15-24(31)29-23(20-7-3-2-4-8-20)16-21-17-25(32)30-26(28-21)22-9-5-6-14-27-22/h2-14,17,23H,15-16H2,1H3,(H,29,31)(H,28,30,32). The summed E-state index contributed by atoms with van der Waals surface area (Å²) in [6.07, 6.45) is 2.32. The minimum absolute atomic E-state index is 0.0857. The van der Waals surface area contributed by atoms with E-state index in [0.29, 0.717) is 23.6 Å². The second-order valence-electron chi connectivity index (χ2n) is 7.70. The molecule has 0 aliphatic heterocycles. The Hall–Kier alpha value is -4.06. The third kappa shape index (κ3) is 5.55. The SMILES string of the molecule is Cc1ccc(CC(=O)NC(Cc2cc(=O)[nH]c(-c3ccccn3)n2)c2ccccc2)cc1. The van der Waals surface area contributed by atoms with Crippen LogP contribution in [-0.2, 0) is 17.6 Å². The fraction of sp³-hybridized carbons (Fsp3) is 0.154. The van der Waals surface area contributed by atoms with Crippen LogP contribution in [0.15, 0.2) is 89.9 Å². The van der Waals surface area contributed by atoms with Crippen LogP contribution in [0.3, 0.4) is 0 Å². The molecule has 2 N–H and O–H groups in total. The van der Waals surface area contributed by atoms with Crippen molar-refractivity contribution in [1.82, 2.24) is 20.3 Å². The lowest BCUT2D eigenvalue weighted by Crippen LogP contribution is -2.31. The minimum Gasteiger partial charge on any atom is -0.349 e. The van der Waals surface area contributed by atoms with Crippen molar-refractivity contribution >= 4 is 5.91 Å². The summed E-state index contributed by atoms with van der Waals surface area (Å²) >= 11 is 0. The first-order valence-corrected chi connectivity index (χ1v) is 10.5. The van der Waals surface area contributed by atoms with Crippen molar-refractivity contribution in [3.63, 3.8) is 0 Å². The summed E-state index contributed by atoms with van der Waals surface area (Å²) in [5, 5.41) is 3.12. The molecule has 2 heterocycles. The van der Waals surface area contributed by atoms with Crippen molar-refractivity contribution in [3.8, 4) is 11.5 Å². The van der Waals surface area contributed by atoms with Crippen LogP contribution in [0.4, 0.5) is 0 Å². The third-order valence-electron chi connectivity index (χ3n) is 5.14. The van der Waals surface area contributed by atoms with Crippen molar-refractivity contribution in [2.45, 2.75) is 25.8 Å². The van der Waals surface area contributed by atoms with Crippen LogP contribution in [0.5, 0.6) is 0 Å². The average Bonchev–Trinajstić information content (AvgIpc) is 2.81. The Morgan fingerprint density at radius 1 is 1.00 bits per heavy atom. The number of hydrogen-bond acceptors (Lipinski definition) is 4. The molecule has 1 unspecified atom stereocenters. The number of aromatic nitrogens is 3. The summed E-state index contributed by atoms with van der Waals surface area (Å²) in [7, 11) is 0. The van der Waals surface area contributed by atoms with Gasteiger partial charge in [-0.1, -0.05) is 66.2 Å². The highest BCUT2D eigenvalue weighted by molar-refractivity contribution is 5.79. The Morgan fingerprint density at radius 2 is 1.75 bits per heavy atom. The van der Waals surface area contributed by atoms with Gasteiger partial charge in [-0.25, -0.2) is 4.98 Å². The van der Waals surface area contributed by atoms with Crippen molar-refractivity contribution in [1.29, 1.82) is 0 Å². The number of carbonyl (C=O) groups excluding carboxylic acids is 1. The molecule has 1 atom stereocenters. The Morgan fingerprint density at radius 3 is 2.47 bits per heavy atom. The van der Waals surface area contributed by atoms with E-state index in [1.807, 2.05) is 67.6 Å². The lowest BCUT2D eigenvalue weighted by molar-refractivity contribution is -0.121. The van der Waals surface area contributed by atoms with E-state index in [0.717, 1.165) is 16.7 Å². The second kappa shape index (κ2) is 9.83. The van der Waals surface area contributed by atoms with Crippen LogP contribution in [0, 0.1) is 6.92 Å². The highest BCUT2D eigenvalue weighted by Gasteiger charge is 2.17. The fourth-order valence-corrected chi connectivity index (χ4v) is 3.52. The number of aryl methyl sites for hydroxylation is 1. The maximum Gasteiger partial charge on any atom is 0.251 e. The van der Waals surface area contributed by atoms with Gasteiger partial charge in [0.15, 0.2) is 5.82 Å². The molecule has 4 rings (SSSR count). The molecular weight excluding hydrogens is 400 g/mol.